The van der Waals surface area contributed by atoms with E-state index in [1.165, 1.54) is 4.57 Å². The molecule has 2 amide bonds. The average Bonchev–Trinajstić information content (AvgIpc) is 2.36. The van der Waals surface area contributed by atoms with Gasteiger partial charge in [0.05, 0.1) is 0 Å². The zero-order chi connectivity index (χ0) is 12.3. The van der Waals surface area contributed by atoms with Gasteiger partial charge in [0.1, 0.15) is 5.69 Å². The zero-order valence-corrected chi connectivity index (χ0v) is 10.5. The topological polar surface area (TPSA) is 54.3 Å². The molecular weight excluding hydrogens is 238 g/mol. The normalized spacial score (nSPS) is 15.7. The van der Waals surface area contributed by atoms with Crippen molar-refractivity contribution in [2.45, 2.75) is 0 Å². The van der Waals surface area contributed by atoms with Gasteiger partial charge < -0.3 is 14.8 Å². The van der Waals surface area contributed by atoms with Gasteiger partial charge in [0, 0.05) is 37.8 Å². The molecule has 0 spiro atoms. The van der Waals surface area contributed by atoms with Crippen molar-refractivity contribution in [3.8, 4) is 0 Å². The third-order valence-electron chi connectivity index (χ3n) is 2.66. The van der Waals surface area contributed by atoms with Crippen LogP contribution in [0, 0.1) is 0 Å². The molecule has 5 nitrogen and oxygen atoms in total. The van der Waals surface area contributed by atoms with Gasteiger partial charge in [-0.2, -0.15) is 11.8 Å². The number of hydrogen-bond acceptors (Lipinski definition) is 3. The highest BCUT2D eigenvalue weighted by atomic mass is 32.2. The number of rotatable bonds is 1. The van der Waals surface area contributed by atoms with Crippen LogP contribution in [0.5, 0.6) is 0 Å². The van der Waals surface area contributed by atoms with Crippen molar-refractivity contribution in [2.75, 3.05) is 29.9 Å². The molecule has 1 aliphatic heterocycles. The SMILES string of the molecule is Cn1cccc(NC(=O)N2CCSCC2)c1=O. The van der Waals surface area contributed by atoms with Crippen molar-refractivity contribution >= 4 is 23.5 Å². The molecular formula is C11H15N3O2S. The van der Waals surface area contributed by atoms with Gasteiger partial charge in [-0.15, -0.1) is 0 Å². The minimum absolute atomic E-state index is 0.186. The number of anilines is 1. The van der Waals surface area contributed by atoms with Crippen LogP contribution in [0.4, 0.5) is 10.5 Å². The predicted octanol–water partition coefficient (Wildman–Crippen LogP) is 0.966. The number of carbonyl (C=O) groups is 1. The lowest BCUT2D eigenvalue weighted by molar-refractivity contribution is 0.217. The number of urea groups is 1. The molecule has 0 aliphatic carbocycles. The molecule has 2 heterocycles. The summed E-state index contributed by atoms with van der Waals surface area (Å²) in [5.74, 6) is 1.92. The Morgan fingerprint density at radius 1 is 1.41 bits per heavy atom. The summed E-state index contributed by atoms with van der Waals surface area (Å²) < 4.78 is 1.45. The first kappa shape index (κ1) is 12.0. The van der Waals surface area contributed by atoms with Crippen LogP contribution in [-0.2, 0) is 7.05 Å². The zero-order valence-electron chi connectivity index (χ0n) is 9.68. The highest BCUT2D eigenvalue weighted by molar-refractivity contribution is 7.99. The maximum Gasteiger partial charge on any atom is 0.322 e. The average molecular weight is 253 g/mol. The Labute approximate surface area is 104 Å². The molecule has 1 N–H and O–H groups in total. The third-order valence-corrected chi connectivity index (χ3v) is 3.61. The number of thioether (sulfide) groups is 1. The van der Waals surface area contributed by atoms with Crippen LogP contribution in [0.15, 0.2) is 23.1 Å². The van der Waals surface area contributed by atoms with Crippen molar-refractivity contribution < 1.29 is 4.79 Å². The van der Waals surface area contributed by atoms with Gasteiger partial charge in [0.2, 0.25) is 0 Å². The van der Waals surface area contributed by atoms with Crippen LogP contribution in [0.3, 0.4) is 0 Å². The first-order valence-electron chi connectivity index (χ1n) is 5.48. The van der Waals surface area contributed by atoms with Gasteiger partial charge in [-0.05, 0) is 12.1 Å². The minimum Gasteiger partial charge on any atom is -0.323 e. The third kappa shape index (κ3) is 2.82. The van der Waals surface area contributed by atoms with Crippen molar-refractivity contribution in [3.05, 3.63) is 28.7 Å². The molecule has 1 aliphatic rings. The molecule has 0 atom stereocenters. The molecule has 1 fully saturated rings. The molecule has 1 saturated heterocycles. The maximum atomic E-state index is 11.9. The number of carbonyl (C=O) groups excluding carboxylic acids is 1. The van der Waals surface area contributed by atoms with E-state index in [9.17, 15) is 9.59 Å². The Kier molecular flexibility index (Phi) is 3.73. The number of hydrogen-bond donors (Lipinski definition) is 1. The smallest absolute Gasteiger partial charge is 0.322 e. The lowest BCUT2D eigenvalue weighted by atomic mass is 10.4. The van der Waals surface area contributed by atoms with Crippen LogP contribution in [0.2, 0.25) is 0 Å². The van der Waals surface area contributed by atoms with E-state index >= 15 is 0 Å². The second-order valence-electron chi connectivity index (χ2n) is 3.87. The number of pyridine rings is 1. The Bertz CT molecular complexity index is 466. The molecule has 1 aromatic heterocycles. The molecule has 1 aromatic rings. The van der Waals surface area contributed by atoms with E-state index in [1.807, 2.05) is 11.8 Å². The Morgan fingerprint density at radius 3 is 2.82 bits per heavy atom. The lowest BCUT2D eigenvalue weighted by Crippen LogP contribution is -2.41. The van der Waals surface area contributed by atoms with Gasteiger partial charge in [-0.1, -0.05) is 0 Å². The second kappa shape index (κ2) is 5.27. The maximum absolute atomic E-state index is 11.9. The molecule has 92 valence electrons. The van der Waals surface area contributed by atoms with Gasteiger partial charge in [-0.25, -0.2) is 4.79 Å². The summed E-state index contributed by atoms with van der Waals surface area (Å²) in [6.07, 6.45) is 1.66. The van der Waals surface area contributed by atoms with Gasteiger partial charge in [0.15, 0.2) is 0 Å². The minimum atomic E-state index is -0.188. The van der Waals surface area contributed by atoms with Crippen LogP contribution in [0.1, 0.15) is 0 Å². The van der Waals surface area contributed by atoms with E-state index in [0.29, 0.717) is 5.69 Å². The monoisotopic (exact) mass is 253 g/mol. The molecule has 0 saturated carbocycles. The number of nitrogens with zero attached hydrogens (tertiary/aromatic N) is 2. The fourth-order valence-electron chi connectivity index (χ4n) is 1.65. The first-order valence-corrected chi connectivity index (χ1v) is 6.63. The Balaban J connectivity index is 2.07. The van der Waals surface area contributed by atoms with Crippen molar-refractivity contribution in [3.63, 3.8) is 0 Å². The summed E-state index contributed by atoms with van der Waals surface area (Å²) in [6.45, 7) is 1.48. The second-order valence-corrected chi connectivity index (χ2v) is 5.09. The summed E-state index contributed by atoms with van der Waals surface area (Å²) in [4.78, 5) is 25.3. The molecule has 0 bridgehead atoms. The summed E-state index contributed by atoms with van der Waals surface area (Å²) in [7, 11) is 1.66. The fraction of sp³-hybridized carbons (Fsp3) is 0.455. The lowest BCUT2D eigenvalue weighted by Gasteiger charge is -2.26. The number of aryl methyl sites for hydroxylation is 1. The molecule has 0 unspecified atom stereocenters. The summed E-state index contributed by atoms with van der Waals surface area (Å²) >= 11 is 1.84. The highest BCUT2D eigenvalue weighted by Crippen LogP contribution is 2.10. The quantitative estimate of drug-likeness (QED) is 0.811. The molecule has 6 heteroatoms. The van der Waals surface area contributed by atoms with E-state index in [4.69, 9.17) is 0 Å². The summed E-state index contributed by atoms with van der Waals surface area (Å²) in [5, 5.41) is 2.67. The van der Waals surface area contributed by atoms with Gasteiger partial charge in [-0.3, -0.25) is 4.79 Å². The Morgan fingerprint density at radius 2 is 2.12 bits per heavy atom. The van der Waals surface area contributed by atoms with Crippen LogP contribution in [-0.4, -0.2) is 40.1 Å². The first-order chi connectivity index (χ1) is 8.18. The predicted molar refractivity (Wildman–Crippen MR) is 69.6 cm³/mol. The molecule has 0 radical (unpaired) electrons. The Hall–Kier alpha value is -1.43. The van der Waals surface area contributed by atoms with Crippen LogP contribution in [0.25, 0.3) is 0 Å². The largest absolute Gasteiger partial charge is 0.323 e. The van der Waals surface area contributed by atoms with Gasteiger partial charge in [0.25, 0.3) is 5.56 Å². The number of amides is 2. The van der Waals surface area contributed by atoms with Crippen LogP contribution < -0.4 is 10.9 Å². The van der Waals surface area contributed by atoms with E-state index in [-0.39, 0.29) is 11.6 Å². The molecule has 17 heavy (non-hydrogen) atoms. The highest BCUT2D eigenvalue weighted by Gasteiger charge is 2.17. The van der Waals surface area contributed by atoms with E-state index in [1.54, 1.807) is 30.3 Å². The number of aromatic nitrogens is 1. The number of nitrogens with one attached hydrogen (secondary N) is 1. The van der Waals surface area contributed by atoms with Crippen molar-refractivity contribution in [1.29, 1.82) is 0 Å². The standard InChI is InChI=1S/C11H15N3O2S/c1-13-4-2-3-9(10(13)15)12-11(16)14-5-7-17-8-6-14/h2-4H,5-8H2,1H3,(H,12,16). The molecule has 2 rings (SSSR count). The van der Waals surface area contributed by atoms with Crippen molar-refractivity contribution in [2.24, 2.45) is 7.05 Å². The summed E-state index contributed by atoms with van der Waals surface area (Å²) in [5.41, 5.74) is 0.144. The van der Waals surface area contributed by atoms with E-state index in [2.05, 4.69) is 5.32 Å². The van der Waals surface area contributed by atoms with E-state index in [0.717, 1.165) is 24.6 Å². The van der Waals surface area contributed by atoms with Gasteiger partial charge >= 0.3 is 6.03 Å². The van der Waals surface area contributed by atoms with Crippen LogP contribution >= 0.6 is 11.8 Å². The van der Waals surface area contributed by atoms with E-state index < -0.39 is 0 Å². The fourth-order valence-corrected chi connectivity index (χ4v) is 2.56. The molecule has 0 aromatic carbocycles. The van der Waals surface area contributed by atoms with Crippen molar-refractivity contribution in [1.82, 2.24) is 9.47 Å². The summed E-state index contributed by atoms with van der Waals surface area (Å²) in [6, 6.07) is 3.18.